The minimum atomic E-state index is -4.04. The molecule has 74 valence electrons. The highest BCUT2D eigenvalue weighted by Gasteiger charge is 2.30. The third-order valence-electron chi connectivity index (χ3n) is 1.61. The Morgan fingerprint density at radius 1 is 1.17 bits per heavy atom. The van der Waals surface area contributed by atoms with E-state index in [9.17, 15) is 13.2 Å². The van der Waals surface area contributed by atoms with E-state index in [0.717, 1.165) is 0 Å². The van der Waals surface area contributed by atoms with Crippen LogP contribution in [0.25, 0.3) is 0 Å². The van der Waals surface area contributed by atoms with Crippen molar-refractivity contribution in [1.29, 1.82) is 0 Å². The fraction of sp³-hybridized carbons (Fsp3) is 1.00. The van der Waals surface area contributed by atoms with Gasteiger partial charge in [-0.25, -0.2) is 0 Å². The summed E-state index contributed by atoms with van der Waals surface area (Å²) in [7, 11) is 0. The highest BCUT2D eigenvalue weighted by Crippen LogP contribution is 2.16. The van der Waals surface area contributed by atoms with Crippen molar-refractivity contribution in [2.75, 3.05) is 32.7 Å². The first-order valence-electron chi connectivity index (χ1n) is 3.58. The minimum Gasteiger partial charge on any atom is -0.314 e. The van der Waals surface area contributed by atoms with E-state index in [4.69, 9.17) is 0 Å². The van der Waals surface area contributed by atoms with Gasteiger partial charge in [-0.05, 0) is 0 Å². The first kappa shape index (κ1) is 12.0. The van der Waals surface area contributed by atoms with Crippen molar-refractivity contribution < 1.29 is 13.2 Å². The zero-order valence-electron chi connectivity index (χ0n) is 6.52. The smallest absolute Gasteiger partial charge is 0.314 e. The third kappa shape index (κ3) is 4.79. The maximum Gasteiger partial charge on any atom is 0.401 e. The number of alkyl halides is 3. The van der Waals surface area contributed by atoms with Crippen molar-refractivity contribution in [3.05, 3.63) is 0 Å². The predicted molar refractivity (Wildman–Crippen MR) is 42.6 cm³/mol. The van der Waals surface area contributed by atoms with Crippen LogP contribution in [0.1, 0.15) is 0 Å². The molecule has 1 N–H and O–H groups in total. The zero-order valence-corrected chi connectivity index (χ0v) is 7.34. The number of rotatable bonds is 1. The molecule has 1 rings (SSSR count). The molecular weight excluding hydrogens is 193 g/mol. The van der Waals surface area contributed by atoms with Crippen LogP contribution in [0.5, 0.6) is 0 Å². The van der Waals surface area contributed by atoms with E-state index in [2.05, 4.69) is 5.32 Å². The fourth-order valence-corrected chi connectivity index (χ4v) is 1.12. The monoisotopic (exact) mass is 204 g/mol. The molecule has 1 aliphatic rings. The van der Waals surface area contributed by atoms with E-state index < -0.39 is 12.7 Å². The lowest BCUT2D eigenvalue weighted by molar-refractivity contribution is -0.146. The van der Waals surface area contributed by atoms with Gasteiger partial charge < -0.3 is 5.32 Å². The van der Waals surface area contributed by atoms with Crippen molar-refractivity contribution in [2.24, 2.45) is 0 Å². The van der Waals surface area contributed by atoms with Crippen LogP contribution in [-0.2, 0) is 0 Å². The summed E-state index contributed by atoms with van der Waals surface area (Å²) in [5.41, 5.74) is 0. The first-order valence-corrected chi connectivity index (χ1v) is 3.58. The Labute approximate surface area is 75.5 Å². The molecule has 0 unspecified atom stereocenters. The first-order chi connectivity index (χ1) is 5.08. The normalized spacial score (nSPS) is 20.2. The molecule has 0 spiro atoms. The molecule has 1 fully saturated rings. The van der Waals surface area contributed by atoms with Crippen LogP contribution in [0.3, 0.4) is 0 Å². The van der Waals surface area contributed by atoms with E-state index in [0.29, 0.717) is 26.2 Å². The molecule has 0 aromatic carbocycles. The molecule has 1 heterocycles. The van der Waals surface area contributed by atoms with E-state index in [-0.39, 0.29) is 12.4 Å². The Kier molecular flexibility index (Phi) is 4.89. The van der Waals surface area contributed by atoms with Crippen molar-refractivity contribution in [3.8, 4) is 0 Å². The second kappa shape index (κ2) is 4.89. The van der Waals surface area contributed by atoms with E-state index in [1.54, 1.807) is 0 Å². The van der Waals surface area contributed by atoms with E-state index in [1.807, 2.05) is 0 Å². The maximum atomic E-state index is 11.8. The predicted octanol–water partition coefficient (Wildman–Crippen LogP) is 0.876. The zero-order chi connectivity index (χ0) is 8.32. The number of hydrogen-bond acceptors (Lipinski definition) is 2. The van der Waals surface area contributed by atoms with Crippen LogP contribution in [-0.4, -0.2) is 43.8 Å². The Bertz CT molecular complexity index is 122. The lowest BCUT2D eigenvalue weighted by atomic mass is 10.3. The number of hydrogen-bond donors (Lipinski definition) is 1. The molecule has 0 amide bonds. The molecule has 0 radical (unpaired) electrons. The molecule has 0 atom stereocenters. The molecule has 0 saturated carbocycles. The van der Waals surface area contributed by atoms with Gasteiger partial charge in [0.25, 0.3) is 0 Å². The van der Waals surface area contributed by atoms with Crippen LogP contribution in [0.4, 0.5) is 13.2 Å². The van der Waals surface area contributed by atoms with Gasteiger partial charge in [-0.15, -0.1) is 12.4 Å². The van der Waals surface area contributed by atoms with Gasteiger partial charge in [-0.3, -0.25) is 4.90 Å². The topological polar surface area (TPSA) is 15.3 Å². The molecular formula is C6H12ClF3N2. The molecule has 6 heteroatoms. The van der Waals surface area contributed by atoms with Gasteiger partial charge >= 0.3 is 6.18 Å². The van der Waals surface area contributed by atoms with E-state index in [1.165, 1.54) is 4.90 Å². The average molecular weight is 205 g/mol. The van der Waals surface area contributed by atoms with Crippen LogP contribution >= 0.6 is 12.4 Å². The molecule has 2 nitrogen and oxygen atoms in total. The molecule has 1 saturated heterocycles. The highest BCUT2D eigenvalue weighted by molar-refractivity contribution is 5.85. The Morgan fingerprint density at radius 3 is 2.08 bits per heavy atom. The van der Waals surface area contributed by atoms with Gasteiger partial charge in [-0.1, -0.05) is 0 Å². The summed E-state index contributed by atoms with van der Waals surface area (Å²) in [4.78, 5) is 1.41. The largest absolute Gasteiger partial charge is 0.401 e. The third-order valence-corrected chi connectivity index (χ3v) is 1.61. The number of halogens is 4. The summed E-state index contributed by atoms with van der Waals surface area (Å²) in [6.45, 7) is 1.56. The van der Waals surface area contributed by atoms with Crippen LogP contribution in [0.2, 0.25) is 0 Å². The minimum absolute atomic E-state index is 0. The maximum absolute atomic E-state index is 11.8. The standard InChI is InChI=1S/C6H11F3N2.ClH/c7-6(8,9)5-11-3-1-10-2-4-11;/h10H,1-5H2;1H. The Morgan fingerprint density at radius 2 is 1.67 bits per heavy atom. The van der Waals surface area contributed by atoms with E-state index >= 15 is 0 Å². The summed E-state index contributed by atoms with van der Waals surface area (Å²) >= 11 is 0. The van der Waals surface area contributed by atoms with Gasteiger partial charge in [0.15, 0.2) is 0 Å². The second-order valence-electron chi connectivity index (χ2n) is 2.64. The summed E-state index contributed by atoms with van der Waals surface area (Å²) in [6, 6.07) is 0. The molecule has 1 aliphatic heterocycles. The molecule has 0 bridgehead atoms. The van der Waals surface area contributed by atoms with Crippen molar-refractivity contribution >= 4 is 12.4 Å². The fourth-order valence-electron chi connectivity index (χ4n) is 1.12. The summed E-state index contributed by atoms with van der Waals surface area (Å²) in [5, 5.41) is 2.99. The van der Waals surface area contributed by atoms with Crippen LogP contribution in [0, 0.1) is 0 Å². The van der Waals surface area contributed by atoms with Gasteiger partial charge in [-0.2, -0.15) is 13.2 Å². The van der Waals surface area contributed by atoms with Crippen LogP contribution in [0.15, 0.2) is 0 Å². The SMILES string of the molecule is Cl.FC(F)(F)CN1CCNCC1. The second-order valence-corrected chi connectivity index (χ2v) is 2.64. The number of nitrogens with one attached hydrogen (secondary N) is 1. The Balaban J connectivity index is 0.00000121. The van der Waals surface area contributed by atoms with Gasteiger partial charge in [0.05, 0.1) is 6.54 Å². The van der Waals surface area contributed by atoms with Gasteiger partial charge in [0.1, 0.15) is 0 Å². The summed E-state index contributed by atoms with van der Waals surface area (Å²) in [5.74, 6) is 0. The Hall–Kier alpha value is -0.0000000000000000416. The lowest BCUT2D eigenvalue weighted by Gasteiger charge is -2.27. The lowest BCUT2D eigenvalue weighted by Crippen LogP contribution is -2.47. The summed E-state index contributed by atoms with van der Waals surface area (Å²) in [6.07, 6.45) is -4.04. The number of nitrogens with zero attached hydrogens (tertiary/aromatic N) is 1. The number of piperazine rings is 1. The molecule has 0 aliphatic carbocycles. The highest BCUT2D eigenvalue weighted by atomic mass is 35.5. The quantitative estimate of drug-likeness (QED) is 0.682. The van der Waals surface area contributed by atoms with Gasteiger partial charge in [0.2, 0.25) is 0 Å². The molecule has 0 aromatic heterocycles. The molecule has 0 aromatic rings. The van der Waals surface area contributed by atoms with Gasteiger partial charge in [0, 0.05) is 26.2 Å². The average Bonchev–Trinajstić information content (AvgIpc) is 1.85. The molecule has 12 heavy (non-hydrogen) atoms. The van der Waals surface area contributed by atoms with Crippen molar-refractivity contribution in [3.63, 3.8) is 0 Å². The van der Waals surface area contributed by atoms with Crippen LogP contribution < -0.4 is 5.32 Å². The summed E-state index contributed by atoms with van der Waals surface area (Å²) < 4.78 is 35.3. The van der Waals surface area contributed by atoms with Crippen molar-refractivity contribution in [1.82, 2.24) is 10.2 Å². The van der Waals surface area contributed by atoms with Crippen molar-refractivity contribution in [2.45, 2.75) is 6.18 Å².